The zero-order chi connectivity index (χ0) is 14.8. The van der Waals surface area contributed by atoms with Crippen LogP contribution in [0.1, 0.15) is 46.6 Å². The monoisotopic (exact) mass is 322 g/mol. The smallest absolute Gasteiger partial charge is 0.110 e. The molecule has 3 nitrogen and oxygen atoms in total. The van der Waals surface area contributed by atoms with Gasteiger partial charge in [0.2, 0.25) is 0 Å². The highest BCUT2D eigenvalue weighted by Crippen LogP contribution is 2.31. The molecular formula is C16H19ClN2OS. The number of thiazole rings is 1. The van der Waals surface area contributed by atoms with E-state index in [1.165, 1.54) is 23.4 Å². The summed E-state index contributed by atoms with van der Waals surface area (Å²) in [5, 5.41) is 14.9. The molecular weight excluding hydrogens is 304 g/mol. The number of nitrogens with one attached hydrogen (secondary N) is 1. The van der Waals surface area contributed by atoms with Gasteiger partial charge in [0.15, 0.2) is 0 Å². The maximum atomic E-state index is 9.65. The first-order chi connectivity index (χ1) is 10.2. The molecule has 1 aliphatic rings. The number of benzene rings is 1. The minimum atomic E-state index is -0.101. The van der Waals surface area contributed by atoms with Gasteiger partial charge in [0.1, 0.15) is 5.01 Å². The molecule has 112 valence electrons. The third-order valence-electron chi connectivity index (χ3n) is 3.89. The number of fused-ring (bicyclic) bond motifs is 1. The highest BCUT2D eigenvalue weighted by molar-refractivity contribution is 7.11. The van der Waals surface area contributed by atoms with Crippen molar-refractivity contribution in [3.8, 4) is 0 Å². The van der Waals surface area contributed by atoms with Crippen LogP contribution in [0.5, 0.6) is 0 Å². The van der Waals surface area contributed by atoms with E-state index in [-0.39, 0.29) is 18.7 Å². The van der Waals surface area contributed by atoms with Gasteiger partial charge in [-0.05, 0) is 43.9 Å². The zero-order valence-corrected chi connectivity index (χ0v) is 13.5. The fraction of sp³-hybridized carbons (Fsp3) is 0.438. The maximum absolute atomic E-state index is 9.65. The van der Waals surface area contributed by atoms with Crippen LogP contribution in [0.2, 0.25) is 5.02 Å². The molecule has 1 heterocycles. The highest BCUT2D eigenvalue weighted by Gasteiger charge is 2.21. The van der Waals surface area contributed by atoms with Gasteiger partial charge < -0.3 is 5.11 Å². The van der Waals surface area contributed by atoms with E-state index in [9.17, 15) is 5.11 Å². The number of aryl methyl sites for hydroxylation is 2. The summed E-state index contributed by atoms with van der Waals surface area (Å²) in [6, 6.07) is 7.63. The third-order valence-corrected chi connectivity index (χ3v) is 5.48. The predicted octanol–water partition coefficient (Wildman–Crippen LogP) is 3.67. The van der Waals surface area contributed by atoms with Crippen LogP contribution in [0.25, 0.3) is 0 Å². The van der Waals surface area contributed by atoms with Crippen molar-refractivity contribution in [3.63, 3.8) is 0 Å². The Kier molecular flexibility index (Phi) is 4.60. The van der Waals surface area contributed by atoms with Crippen molar-refractivity contribution >= 4 is 22.9 Å². The molecule has 0 radical (unpaired) electrons. The van der Waals surface area contributed by atoms with Crippen molar-refractivity contribution in [2.45, 2.75) is 38.3 Å². The van der Waals surface area contributed by atoms with Gasteiger partial charge in [0.05, 0.1) is 24.4 Å². The number of aromatic nitrogens is 1. The first kappa shape index (κ1) is 15.0. The van der Waals surface area contributed by atoms with Crippen LogP contribution in [-0.2, 0) is 12.8 Å². The minimum absolute atomic E-state index is 0.0526. The van der Waals surface area contributed by atoms with E-state index in [1.54, 1.807) is 11.3 Å². The molecule has 2 unspecified atom stereocenters. The average molecular weight is 323 g/mol. The zero-order valence-electron chi connectivity index (χ0n) is 12.0. The van der Waals surface area contributed by atoms with Crippen molar-refractivity contribution < 1.29 is 5.11 Å². The first-order valence-electron chi connectivity index (χ1n) is 7.28. The molecule has 0 amide bonds. The summed E-state index contributed by atoms with van der Waals surface area (Å²) in [5.41, 5.74) is 2.31. The third kappa shape index (κ3) is 3.29. The summed E-state index contributed by atoms with van der Waals surface area (Å²) < 4.78 is 0. The van der Waals surface area contributed by atoms with Crippen LogP contribution in [0, 0.1) is 0 Å². The second-order valence-corrected chi connectivity index (χ2v) is 7.00. The topological polar surface area (TPSA) is 45.1 Å². The molecule has 0 fully saturated rings. The molecule has 0 saturated carbocycles. The van der Waals surface area contributed by atoms with Crippen molar-refractivity contribution in [1.29, 1.82) is 0 Å². The highest BCUT2D eigenvalue weighted by atomic mass is 35.5. The van der Waals surface area contributed by atoms with Gasteiger partial charge in [-0.1, -0.05) is 23.7 Å². The summed E-state index contributed by atoms with van der Waals surface area (Å²) in [7, 11) is 0. The molecule has 1 aromatic heterocycles. The van der Waals surface area contributed by atoms with E-state index in [0.29, 0.717) is 5.02 Å². The Morgan fingerprint density at radius 2 is 2.10 bits per heavy atom. The van der Waals surface area contributed by atoms with E-state index >= 15 is 0 Å². The van der Waals surface area contributed by atoms with Crippen molar-refractivity contribution in [1.82, 2.24) is 10.3 Å². The van der Waals surface area contributed by atoms with Gasteiger partial charge in [-0.3, -0.25) is 5.32 Å². The van der Waals surface area contributed by atoms with E-state index < -0.39 is 0 Å². The molecule has 0 bridgehead atoms. The van der Waals surface area contributed by atoms with Crippen molar-refractivity contribution in [2.24, 2.45) is 0 Å². The van der Waals surface area contributed by atoms with E-state index in [0.717, 1.165) is 17.0 Å². The Hall–Kier alpha value is -0.940. The van der Waals surface area contributed by atoms with Crippen LogP contribution in [0.4, 0.5) is 0 Å². The lowest BCUT2D eigenvalue weighted by Gasteiger charge is -2.21. The van der Waals surface area contributed by atoms with Gasteiger partial charge in [-0.25, -0.2) is 4.98 Å². The largest absolute Gasteiger partial charge is 0.394 e. The number of aliphatic hydroxyl groups is 1. The molecule has 5 heteroatoms. The number of aliphatic hydroxyl groups excluding tert-OH is 1. The Morgan fingerprint density at radius 1 is 1.33 bits per heavy atom. The van der Waals surface area contributed by atoms with Gasteiger partial charge in [0, 0.05) is 9.90 Å². The minimum Gasteiger partial charge on any atom is -0.394 e. The fourth-order valence-corrected chi connectivity index (χ4v) is 4.01. The quantitative estimate of drug-likeness (QED) is 0.883. The van der Waals surface area contributed by atoms with Crippen LogP contribution in [0.3, 0.4) is 0 Å². The van der Waals surface area contributed by atoms with Crippen LogP contribution < -0.4 is 5.32 Å². The molecule has 0 saturated heterocycles. The number of hydrogen-bond acceptors (Lipinski definition) is 4. The molecule has 2 aromatic rings. The summed E-state index contributed by atoms with van der Waals surface area (Å²) in [6.07, 6.45) is 3.51. The lowest BCUT2D eigenvalue weighted by molar-refractivity contribution is 0.235. The fourth-order valence-electron chi connectivity index (χ4n) is 2.72. The number of nitrogens with zero attached hydrogens (tertiary/aromatic N) is 1. The summed E-state index contributed by atoms with van der Waals surface area (Å²) in [4.78, 5) is 6.17. The van der Waals surface area contributed by atoms with E-state index in [2.05, 4.69) is 12.2 Å². The molecule has 21 heavy (non-hydrogen) atoms. The molecule has 1 aromatic carbocycles. The van der Waals surface area contributed by atoms with Crippen LogP contribution in [-0.4, -0.2) is 16.7 Å². The standard InChI is InChI=1S/C16H19ClN2OS/c1-10(16-19-13-3-2-4-15(13)21-16)18-14(9-20)11-5-7-12(17)8-6-11/h5-8,10,14,18,20H,2-4,9H2,1H3. The van der Waals surface area contributed by atoms with Gasteiger partial charge in [0.25, 0.3) is 0 Å². The lowest BCUT2D eigenvalue weighted by Crippen LogP contribution is -2.27. The van der Waals surface area contributed by atoms with E-state index in [1.807, 2.05) is 24.3 Å². The Balaban J connectivity index is 1.72. The summed E-state index contributed by atoms with van der Waals surface area (Å²) >= 11 is 7.72. The predicted molar refractivity (Wildman–Crippen MR) is 87.0 cm³/mol. The summed E-state index contributed by atoms with van der Waals surface area (Å²) in [6.45, 7) is 2.16. The summed E-state index contributed by atoms with van der Waals surface area (Å²) in [5.74, 6) is 0. The number of halogens is 1. The normalized spacial score (nSPS) is 16.7. The lowest BCUT2D eigenvalue weighted by atomic mass is 10.1. The average Bonchev–Trinajstić information content (AvgIpc) is 3.07. The molecule has 2 atom stereocenters. The van der Waals surface area contributed by atoms with Crippen LogP contribution in [0.15, 0.2) is 24.3 Å². The Morgan fingerprint density at radius 3 is 2.76 bits per heavy atom. The van der Waals surface area contributed by atoms with Crippen molar-refractivity contribution in [2.75, 3.05) is 6.61 Å². The van der Waals surface area contributed by atoms with Crippen LogP contribution >= 0.6 is 22.9 Å². The van der Waals surface area contributed by atoms with E-state index in [4.69, 9.17) is 16.6 Å². The SMILES string of the molecule is CC(NC(CO)c1ccc(Cl)cc1)c1nc2c(s1)CCC2. The second kappa shape index (κ2) is 6.44. The Labute approximate surface area is 134 Å². The molecule has 1 aliphatic carbocycles. The van der Waals surface area contributed by atoms with Gasteiger partial charge in [-0.2, -0.15) is 0 Å². The number of rotatable bonds is 5. The van der Waals surface area contributed by atoms with Gasteiger partial charge >= 0.3 is 0 Å². The van der Waals surface area contributed by atoms with Crippen molar-refractivity contribution in [3.05, 3.63) is 50.4 Å². The molecule has 0 aliphatic heterocycles. The Bertz CT molecular complexity index is 590. The molecule has 3 rings (SSSR count). The molecule has 0 spiro atoms. The maximum Gasteiger partial charge on any atom is 0.110 e. The second-order valence-electron chi connectivity index (χ2n) is 5.45. The number of hydrogen-bond donors (Lipinski definition) is 2. The molecule has 2 N–H and O–H groups in total. The first-order valence-corrected chi connectivity index (χ1v) is 8.47. The van der Waals surface area contributed by atoms with Gasteiger partial charge in [-0.15, -0.1) is 11.3 Å².